The third kappa shape index (κ3) is 4.17. The number of carbonyl (C=O) groups is 1. The monoisotopic (exact) mass is 328 g/mol. The highest BCUT2D eigenvalue weighted by Gasteiger charge is 2.22. The van der Waals surface area contributed by atoms with Gasteiger partial charge in [0.1, 0.15) is 5.76 Å². The third-order valence-electron chi connectivity index (χ3n) is 4.55. The highest BCUT2D eigenvalue weighted by atomic mass is 16.3. The van der Waals surface area contributed by atoms with Crippen LogP contribution in [0.15, 0.2) is 53.1 Å². The van der Waals surface area contributed by atoms with Crippen LogP contribution in [-0.2, 0) is 0 Å². The zero-order valence-corrected chi connectivity index (χ0v) is 13.7. The Morgan fingerprint density at radius 1 is 1.21 bits per heavy atom. The summed E-state index contributed by atoms with van der Waals surface area (Å²) >= 11 is 0. The van der Waals surface area contributed by atoms with E-state index in [2.05, 4.69) is 17.4 Å². The quantitative estimate of drug-likeness (QED) is 0.887. The van der Waals surface area contributed by atoms with Gasteiger partial charge in [0.05, 0.1) is 12.4 Å². The summed E-state index contributed by atoms with van der Waals surface area (Å²) in [6.45, 7) is 1.82. The largest absolute Gasteiger partial charge is 0.469 e. The van der Waals surface area contributed by atoms with Crippen LogP contribution in [0.1, 0.15) is 36.5 Å². The first-order valence-corrected chi connectivity index (χ1v) is 8.53. The number of rotatable bonds is 5. The lowest BCUT2D eigenvalue weighted by Gasteiger charge is -2.29. The number of hydrogen-bond donors (Lipinski definition) is 2. The van der Waals surface area contributed by atoms with Crippen molar-refractivity contribution in [3.05, 3.63) is 60.1 Å². The lowest BCUT2D eigenvalue weighted by atomic mass is 9.93. The number of hydrogen-bond acceptors (Lipinski definition) is 3. The molecule has 2 amide bonds. The fourth-order valence-electron chi connectivity index (χ4n) is 3.15. The Kier molecular flexibility index (Phi) is 5.54. The number of urea groups is 1. The summed E-state index contributed by atoms with van der Waals surface area (Å²) in [5.41, 5.74) is 1.18. The summed E-state index contributed by atoms with van der Waals surface area (Å²) < 4.78 is 5.58. The molecule has 0 spiro atoms. The van der Waals surface area contributed by atoms with Gasteiger partial charge in [-0.1, -0.05) is 30.3 Å². The van der Waals surface area contributed by atoms with E-state index >= 15 is 0 Å². The summed E-state index contributed by atoms with van der Waals surface area (Å²) in [6, 6.07) is 14.0. The van der Waals surface area contributed by atoms with E-state index in [1.807, 2.05) is 30.3 Å². The van der Waals surface area contributed by atoms with E-state index in [4.69, 9.17) is 4.42 Å². The molecule has 0 saturated carbocycles. The molecule has 1 aromatic carbocycles. The maximum Gasteiger partial charge on any atom is 0.317 e. The Bertz CT molecular complexity index is 619. The Labute approximate surface area is 142 Å². The first-order chi connectivity index (χ1) is 11.7. The van der Waals surface area contributed by atoms with E-state index in [9.17, 15) is 9.90 Å². The molecular formula is C19H24N2O3. The summed E-state index contributed by atoms with van der Waals surface area (Å²) in [5, 5.41) is 12.5. The maximum absolute atomic E-state index is 12.2. The van der Waals surface area contributed by atoms with Gasteiger partial charge in [-0.05, 0) is 37.0 Å². The maximum atomic E-state index is 12.2. The molecule has 0 bridgehead atoms. The molecule has 1 aliphatic rings. The number of nitrogens with one attached hydrogen (secondary N) is 1. The minimum atomic E-state index is -0.268. The number of aliphatic hydroxyl groups is 1. The molecule has 24 heavy (non-hydrogen) atoms. The average molecular weight is 328 g/mol. The Balaban J connectivity index is 1.55. The highest BCUT2D eigenvalue weighted by molar-refractivity contribution is 5.74. The Morgan fingerprint density at radius 3 is 2.62 bits per heavy atom. The highest BCUT2D eigenvalue weighted by Crippen LogP contribution is 2.27. The van der Waals surface area contributed by atoms with Gasteiger partial charge in [0, 0.05) is 25.6 Å². The van der Waals surface area contributed by atoms with Gasteiger partial charge in [-0.2, -0.15) is 0 Å². The molecule has 1 saturated heterocycles. The van der Waals surface area contributed by atoms with Crippen LogP contribution in [0.2, 0.25) is 0 Å². The second-order valence-corrected chi connectivity index (χ2v) is 6.22. The summed E-state index contributed by atoms with van der Waals surface area (Å²) in [5.74, 6) is 1.04. The standard InChI is InChI=1S/C19H24N2O3/c22-16-9-12-21(13-10-16)19(23)20-11-8-17(18-7-4-14-24-18)15-5-2-1-3-6-15/h1-7,14,16-17,22H,8-13H2,(H,20,23). The smallest absolute Gasteiger partial charge is 0.317 e. The Morgan fingerprint density at radius 2 is 1.96 bits per heavy atom. The first kappa shape index (κ1) is 16.6. The Hall–Kier alpha value is -2.27. The second-order valence-electron chi connectivity index (χ2n) is 6.22. The van der Waals surface area contributed by atoms with E-state index in [1.165, 1.54) is 5.56 Å². The zero-order valence-electron chi connectivity index (χ0n) is 13.7. The molecule has 1 aliphatic heterocycles. The van der Waals surface area contributed by atoms with Crippen LogP contribution >= 0.6 is 0 Å². The summed E-state index contributed by atoms with van der Waals surface area (Å²) in [4.78, 5) is 14.0. The molecule has 2 heterocycles. The van der Waals surface area contributed by atoms with Crippen LogP contribution in [0, 0.1) is 0 Å². The number of carbonyl (C=O) groups excluding carboxylic acids is 1. The van der Waals surface area contributed by atoms with E-state index in [-0.39, 0.29) is 18.1 Å². The van der Waals surface area contributed by atoms with E-state index in [0.29, 0.717) is 32.5 Å². The molecule has 1 aromatic heterocycles. The topological polar surface area (TPSA) is 65.7 Å². The molecular weight excluding hydrogens is 304 g/mol. The first-order valence-electron chi connectivity index (χ1n) is 8.53. The normalized spacial score (nSPS) is 16.8. The van der Waals surface area contributed by atoms with Crippen molar-refractivity contribution < 1.29 is 14.3 Å². The van der Waals surface area contributed by atoms with Crippen LogP contribution < -0.4 is 5.32 Å². The summed E-state index contributed by atoms with van der Waals surface area (Å²) in [6.07, 6.45) is 3.51. The van der Waals surface area contributed by atoms with Crippen molar-refractivity contribution in [2.75, 3.05) is 19.6 Å². The third-order valence-corrected chi connectivity index (χ3v) is 4.55. The minimum Gasteiger partial charge on any atom is -0.469 e. The van der Waals surface area contributed by atoms with Crippen LogP contribution in [0.25, 0.3) is 0 Å². The SMILES string of the molecule is O=C(NCCC(c1ccccc1)c1ccco1)N1CCC(O)CC1. The second kappa shape index (κ2) is 8.02. The number of furan rings is 1. The van der Waals surface area contributed by atoms with Crippen molar-refractivity contribution in [1.29, 1.82) is 0 Å². The molecule has 0 aliphatic carbocycles. The molecule has 1 unspecified atom stereocenters. The molecule has 128 valence electrons. The predicted molar refractivity (Wildman–Crippen MR) is 91.8 cm³/mol. The molecule has 1 atom stereocenters. The van der Waals surface area contributed by atoms with Crippen LogP contribution in [0.4, 0.5) is 4.79 Å². The average Bonchev–Trinajstić information content (AvgIpc) is 3.14. The lowest BCUT2D eigenvalue weighted by molar-refractivity contribution is 0.0937. The minimum absolute atomic E-state index is 0.0480. The zero-order chi connectivity index (χ0) is 16.8. The van der Waals surface area contributed by atoms with E-state index in [0.717, 1.165) is 12.2 Å². The van der Waals surface area contributed by atoms with E-state index in [1.54, 1.807) is 11.2 Å². The predicted octanol–water partition coefficient (Wildman–Crippen LogP) is 2.97. The van der Waals surface area contributed by atoms with Crippen molar-refractivity contribution in [2.24, 2.45) is 0 Å². The molecule has 3 rings (SSSR count). The molecule has 0 radical (unpaired) electrons. The number of benzene rings is 1. The molecule has 2 N–H and O–H groups in total. The van der Waals surface area contributed by atoms with Crippen molar-refractivity contribution in [3.8, 4) is 0 Å². The van der Waals surface area contributed by atoms with E-state index < -0.39 is 0 Å². The number of likely N-dealkylation sites (tertiary alicyclic amines) is 1. The number of amides is 2. The molecule has 5 nitrogen and oxygen atoms in total. The van der Waals surface area contributed by atoms with Gasteiger partial charge in [0.25, 0.3) is 0 Å². The van der Waals surface area contributed by atoms with Gasteiger partial charge < -0.3 is 19.7 Å². The van der Waals surface area contributed by atoms with Crippen molar-refractivity contribution in [3.63, 3.8) is 0 Å². The van der Waals surface area contributed by atoms with Crippen molar-refractivity contribution in [2.45, 2.75) is 31.3 Å². The van der Waals surface area contributed by atoms with Gasteiger partial charge in [-0.15, -0.1) is 0 Å². The van der Waals surface area contributed by atoms with Gasteiger partial charge in [0.2, 0.25) is 0 Å². The molecule has 2 aromatic rings. The van der Waals surface area contributed by atoms with Crippen LogP contribution in [0.5, 0.6) is 0 Å². The fourth-order valence-corrected chi connectivity index (χ4v) is 3.15. The van der Waals surface area contributed by atoms with Crippen molar-refractivity contribution in [1.82, 2.24) is 10.2 Å². The number of nitrogens with zero attached hydrogens (tertiary/aromatic N) is 1. The van der Waals surface area contributed by atoms with Crippen LogP contribution in [0.3, 0.4) is 0 Å². The number of piperidine rings is 1. The lowest BCUT2D eigenvalue weighted by Crippen LogP contribution is -2.45. The van der Waals surface area contributed by atoms with Gasteiger partial charge >= 0.3 is 6.03 Å². The van der Waals surface area contributed by atoms with Gasteiger partial charge in [0.15, 0.2) is 0 Å². The number of aliphatic hydroxyl groups excluding tert-OH is 1. The fraction of sp³-hybridized carbons (Fsp3) is 0.421. The van der Waals surface area contributed by atoms with Crippen LogP contribution in [-0.4, -0.2) is 41.8 Å². The van der Waals surface area contributed by atoms with Gasteiger partial charge in [-0.3, -0.25) is 0 Å². The summed E-state index contributed by atoms with van der Waals surface area (Å²) in [7, 11) is 0. The molecule has 5 heteroatoms. The van der Waals surface area contributed by atoms with Gasteiger partial charge in [-0.25, -0.2) is 4.79 Å². The van der Waals surface area contributed by atoms with Crippen molar-refractivity contribution >= 4 is 6.03 Å². The molecule has 1 fully saturated rings.